The first-order valence-electron chi connectivity index (χ1n) is 7.02. The van der Waals surface area contributed by atoms with Gasteiger partial charge in [-0.1, -0.05) is 21.1 Å². The zero-order chi connectivity index (χ0) is 16.0. The minimum atomic E-state index is 0.230. The van der Waals surface area contributed by atoms with E-state index in [9.17, 15) is 5.11 Å². The SMILES string of the molecule is Cc1nc(-c2ccc3[nH]c(-c4cc(Br)ccc4O)cc3c2)no1. The number of H-pyrrole nitrogens is 1. The predicted octanol–water partition coefficient (Wildman–Crippen LogP) is 4.66. The number of halogens is 1. The summed E-state index contributed by atoms with van der Waals surface area (Å²) in [6.07, 6.45) is 0. The highest BCUT2D eigenvalue weighted by Gasteiger charge is 2.11. The largest absolute Gasteiger partial charge is 0.507 e. The van der Waals surface area contributed by atoms with Crippen LogP contribution in [0.25, 0.3) is 33.5 Å². The summed E-state index contributed by atoms with van der Waals surface area (Å²) in [4.78, 5) is 7.56. The lowest BCUT2D eigenvalue weighted by Crippen LogP contribution is -1.80. The molecule has 0 radical (unpaired) electrons. The van der Waals surface area contributed by atoms with Gasteiger partial charge in [0.25, 0.3) is 0 Å². The Kier molecular flexibility index (Phi) is 3.20. The van der Waals surface area contributed by atoms with E-state index in [1.54, 1.807) is 19.1 Å². The minimum Gasteiger partial charge on any atom is -0.507 e. The third-order valence-electron chi connectivity index (χ3n) is 3.66. The molecule has 0 fully saturated rings. The maximum atomic E-state index is 10.1. The molecule has 0 aliphatic rings. The number of phenols is 1. The molecule has 0 aliphatic heterocycles. The van der Waals surface area contributed by atoms with Gasteiger partial charge in [0.15, 0.2) is 0 Å². The second-order valence-electron chi connectivity index (χ2n) is 5.28. The molecule has 0 spiro atoms. The summed E-state index contributed by atoms with van der Waals surface area (Å²) in [6, 6.07) is 13.2. The van der Waals surface area contributed by atoms with Crippen LogP contribution in [0.5, 0.6) is 5.75 Å². The third-order valence-corrected chi connectivity index (χ3v) is 4.15. The van der Waals surface area contributed by atoms with Crippen molar-refractivity contribution >= 4 is 26.8 Å². The second kappa shape index (κ2) is 5.24. The zero-order valence-corrected chi connectivity index (χ0v) is 13.8. The van der Waals surface area contributed by atoms with Gasteiger partial charge < -0.3 is 14.6 Å². The molecule has 2 aromatic heterocycles. The number of aromatic hydroxyl groups is 1. The van der Waals surface area contributed by atoms with Gasteiger partial charge >= 0.3 is 0 Å². The first-order chi connectivity index (χ1) is 11.1. The summed E-state index contributed by atoms with van der Waals surface area (Å²) in [7, 11) is 0. The van der Waals surface area contributed by atoms with Crippen molar-refractivity contribution < 1.29 is 9.63 Å². The van der Waals surface area contributed by atoms with Crippen molar-refractivity contribution in [2.45, 2.75) is 6.92 Å². The summed E-state index contributed by atoms with van der Waals surface area (Å²) in [5.41, 5.74) is 3.45. The highest BCUT2D eigenvalue weighted by atomic mass is 79.9. The molecule has 4 aromatic rings. The van der Waals surface area contributed by atoms with Gasteiger partial charge in [0.05, 0.1) is 5.69 Å². The average Bonchev–Trinajstić information content (AvgIpc) is 3.14. The molecule has 0 atom stereocenters. The van der Waals surface area contributed by atoms with Crippen molar-refractivity contribution in [2.75, 3.05) is 0 Å². The Morgan fingerprint density at radius 1 is 1.13 bits per heavy atom. The van der Waals surface area contributed by atoms with Gasteiger partial charge in [0, 0.05) is 33.4 Å². The number of aryl methyl sites for hydroxylation is 1. The van der Waals surface area contributed by atoms with E-state index in [2.05, 4.69) is 31.1 Å². The molecule has 0 bridgehead atoms. The van der Waals surface area contributed by atoms with E-state index in [0.29, 0.717) is 11.7 Å². The Hall–Kier alpha value is -2.60. The van der Waals surface area contributed by atoms with Crippen LogP contribution < -0.4 is 0 Å². The van der Waals surface area contributed by atoms with Crippen LogP contribution in [0.3, 0.4) is 0 Å². The molecule has 6 heteroatoms. The normalized spacial score (nSPS) is 11.2. The number of fused-ring (bicyclic) bond motifs is 1. The average molecular weight is 370 g/mol. The Morgan fingerprint density at radius 2 is 2.00 bits per heavy atom. The quantitative estimate of drug-likeness (QED) is 0.538. The Balaban J connectivity index is 1.83. The maximum Gasteiger partial charge on any atom is 0.223 e. The number of nitrogens with one attached hydrogen (secondary N) is 1. The van der Waals surface area contributed by atoms with E-state index >= 15 is 0 Å². The van der Waals surface area contributed by atoms with Crippen LogP contribution >= 0.6 is 15.9 Å². The predicted molar refractivity (Wildman–Crippen MR) is 91.1 cm³/mol. The van der Waals surface area contributed by atoms with Crippen LogP contribution in [-0.4, -0.2) is 20.2 Å². The van der Waals surface area contributed by atoms with Gasteiger partial charge in [-0.3, -0.25) is 0 Å². The Bertz CT molecular complexity index is 1020. The summed E-state index contributed by atoms with van der Waals surface area (Å²) < 4.78 is 5.94. The first kappa shape index (κ1) is 14.0. The van der Waals surface area contributed by atoms with E-state index in [1.807, 2.05) is 30.3 Å². The standard InChI is InChI=1S/C17H12BrN3O2/c1-9-19-17(21-23-9)10-2-4-14-11(6-10)7-15(20-14)13-8-12(18)3-5-16(13)22/h2-8,20,22H,1H3. The monoisotopic (exact) mass is 369 g/mol. The van der Waals surface area contributed by atoms with Crippen molar-refractivity contribution in [1.82, 2.24) is 15.1 Å². The number of benzene rings is 2. The number of nitrogens with zero attached hydrogens (tertiary/aromatic N) is 2. The summed E-state index contributed by atoms with van der Waals surface area (Å²) >= 11 is 3.43. The summed E-state index contributed by atoms with van der Waals surface area (Å²) in [5, 5.41) is 15.0. The van der Waals surface area contributed by atoms with Crippen molar-refractivity contribution in [3.8, 4) is 28.4 Å². The Labute approximate surface area is 140 Å². The topological polar surface area (TPSA) is 74.9 Å². The van der Waals surface area contributed by atoms with Crippen LogP contribution in [0.1, 0.15) is 5.89 Å². The lowest BCUT2D eigenvalue weighted by molar-refractivity contribution is 0.394. The van der Waals surface area contributed by atoms with Crippen LogP contribution in [0.15, 0.2) is 51.5 Å². The van der Waals surface area contributed by atoms with Crippen molar-refractivity contribution in [3.63, 3.8) is 0 Å². The van der Waals surface area contributed by atoms with Crippen LogP contribution in [0.4, 0.5) is 0 Å². The van der Waals surface area contributed by atoms with E-state index in [1.165, 1.54) is 0 Å². The zero-order valence-electron chi connectivity index (χ0n) is 12.2. The van der Waals surface area contributed by atoms with E-state index in [-0.39, 0.29) is 5.75 Å². The molecule has 2 heterocycles. The molecule has 0 saturated carbocycles. The molecule has 23 heavy (non-hydrogen) atoms. The molecule has 0 aliphatic carbocycles. The molecule has 0 unspecified atom stereocenters. The van der Waals surface area contributed by atoms with Gasteiger partial charge in [0.2, 0.25) is 11.7 Å². The molecule has 2 aromatic carbocycles. The second-order valence-corrected chi connectivity index (χ2v) is 6.20. The maximum absolute atomic E-state index is 10.1. The number of hydrogen-bond donors (Lipinski definition) is 2. The fourth-order valence-corrected chi connectivity index (χ4v) is 2.92. The van der Waals surface area contributed by atoms with Crippen LogP contribution in [0.2, 0.25) is 0 Å². The van der Waals surface area contributed by atoms with Crippen molar-refractivity contribution in [2.24, 2.45) is 0 Å². The first-order valence-corrected chi connectivity index (χ1v) is 7.82. The lowest BCUT2D eigenvalue weighted by Gasteiger charge is -2.02. The molecule has 2 N–H and O–H groups in total. The molecule has 0 saturated heterocycles. The van der Waals surface area contributed by atoms with E-state index < -0.39 is 0 Å². The number of aromatic amines is 1. The Morgan fingerprint density at radius 3 is 2.78 bits per heavy atom. The smallest absolute Gasteiger partial charge is 0.223 e. The molecule has 4 rings (SSSR count). The number of aromatic nitrogens is 3. The van der Waals surface area contributed by atoms with E-state index in [4.69, 9.17) is 4.52 Å². The fourth-order valence-electron chi connectivity index (χ4n) is 2.56. The highest BCUT2D eigenvalue weighted by Crippen LogP contribution is 2.34. The number of hydrogen-bond acceptors (Lipinski definition) is 4. The molecule has 5 nitrogen and oxygen atoms in total. The molecule has 0 amide bonds. The van der Waals surface area contributed by atoms with Crippen molar-refractivity contribution in [1.29, 1.82) is 0 Å². The van der Waals surface area contributed by atoms with Gasteiger partial charge in [-0.2, -0.15) is 4.98 Å². The minimum absolute atomic E-state index is 0.230. The summed E-state index contributed by atoms with van der Waals surface area (Å²) in [6.45, 7) is 1.76. The van der Waals surface area contributed by atoms with Crippen molar-refractivity contribution in [3.05, 3.63) is 52.8 Å². The van der Waals surface area contributed by atoms with E-state index in [0.717, 1.165) is 32.2 Å². The number of rotatable bonds is 2. The molecular formula is C17H12BrN3O2. The van der Waals surface area contributed by atoms with Gasteiger partial charge in [-0.05, 0) is 42.5 Å². The van der Waals surface area contributed by atoms with Crippen LogP contribution in [-0.2, 0) is 0 Å². The number of phenolic OH excluding ortho intramolecular Hbond substituents is 1. The third kappa shape index (κ3) is 2.51. The molecular weight excluding hydrogens is 358 g/mol. The fraction of sp³-hybridized carbons (Fsp3) is 0.0588. The van der Waals surface area contributed by atoms with Crippen LogP contribution in [0, 0.1) is 6.92 Å². The van der Waals surface area contributed by atoms with Gasteiger partial charge in [0.1, 0.15) is 5.75 Å². The van der Waals surface area contributed by atoms with Gasteiger partial charge in [-0.25, -0.2) is 0 Å². The highest BCUT2D eigenvalue weighted by molar-refractivity contribution is 9.10. The lowest BCUT2D eigenvalue weighted by atomic mass is 10.1. The summed E-state index contributed by atoms with van der Waals surface area (Å²) in [5.74, 6) is 1.33. The van der Waals surface area contributed by atoms with Gasteiger partial charge in [-0.15, -0.1) is 0 Å². The molecule has 114 valence electrons.